The van der Waals surface area contributed by atoms with Crippen LogP contribution in [0.1, 0.15) is 35.3 Å². The zero-order valence-electron chi connectivity index (χ0n) is 16.0. The molecule has 0 spiro atoms. The van der Waals surface area contributed by atoms with Crippen molar-refractivity contribution in [2.24, 2.45) is 7.05 Å². The minimum Gasteiger partial charge on any atom is -0.497 e. The van der Waals surface area contributed by atoms with E-state index >= 15 is 0 Å². The van der Waals surface area contributed by atoms with Gasteiger partial charge in [-0.15, -0.1) is 0 Å². The summed E-state index contributed by atoms with van der Waals surface area (Å²) in [6.45, 7) is 0.852. The fourth-order valence-electron chi connectivity index (χ4n) is 4.20. The van der Waals surface area contributed by atoms with Crippen LogP contribution in [0.15, 0.2) is 54.6 Å². The average Bonchev–Trinajstić information content (AvgIpc) is 3.30. The van der Waals surface area contributed by atoms with Crippen molar-refractivity contribution in [3.05, 3.63) is 65.9 Å². The fourth-order valence-corrected chi connectivity index (χ4v) is 4.20. The highest BCUT2D eigenvalue weighted by atomic mass is 16.5. The van der Waals surface area contributed by atoms with Gasteiger partial charge in [-0.05, 0) is 67.5 Å². The summed E-state index contributed by atoms with van der Waals surface area (Å²) in [4.78, 5) is 15.0. The SMILES string of the molecule is COc1ccc(C(=O)N2CCC[C@H]2CCc2cc3ccccc3n2C)cc1. The number of hydrogen-bond donors (Lipinski definition) is 0. The number of ether oxygens (including phenoxy) is 1. The second-order valence-electron chi connectivity index (χ2n) is 7.32. The molecule has 1 aromatic heterocycles. The summed E-state index contributed by atoms with van der Waals surface area (Å²) >= 11 is 0. The number of benzene rings is 2. The van der Waals surface area contributed by atoms with Gasteiger partial charge in [0.15, 0.2) is 0 Å². The van der Waals surface area contributed by atoms with Crippen LogP contribution in [0.25, 0.3) is 10.9 Å². The van der Waals surface area contributed by atoms with Crippen molar-refractivity contribution in [3.8, 4) is 5.75 Å². The molecule has 0 bridgehead atoms. The number of methoxy groups -OCH3 is 1. The third-order valence-corrected chi connectivity index (χ3v) is 5.76. The van der Waals surface area contributed by atoms with E-state index in [9.17, 15) is 4.79 Å². The molecule has 1 amide bonds. The van der Waals surface area contributed by atoms with E-state index in [2.05, 4.69) is 46.8 Å². The van der Waals surface area contributed by atoms with Crippen LogP contribution in [0, 0.1) is 0 Å². The molecule has 140 valence electrons. The number of fused-ring (bicyclic) bond motifs is 1. The van der Waals surface area contributed by atoms with Crippen LogP contribution in [-0.2, 0) is 13.5 Å². The molecule has 4 heteroatoms. The van der Waals surface area contributed by atoms with Gasteiger partial charge in [0.1, 0.15) is 5.75 Å². The molecule has 0 unspecified atom stereocenters. The molecule has 1 atom stereocenters. The lowest BCUT2D eigenvalue weighted by Gasteiger charge is -2.25. The van der Waals surface area contributed by atoms with E-state index in [1.807, 2.05) is 24.3 Å². The lowest BCUT2D eigenvalue weighted by Crippen LogP contribution is -2.35. The molecule has 0 N–H and O–H groups in total. The Labute approximate surface area is 160 Å². The van der Waals surface area contributed by atoms with Gasteiger partial charge in [-0.1, -0.05) is 18.2 Å². The third-order valence-electron chi connectivity index (χ3n) is 5.76. The Kier molecular flexibility index (Phi) is 4.88. The van der Waals surface area contributed by atoms with Crippen molar-refractivity contribution < 1.29 is 9.53 Å². The maximum Gasteiger partial charge on any atom is 0.254 e. The van der Waals surface area contributed by atoms with Crippen molar-refractivity contribution in [3.63, 3.8) is 0 Å². The number of carbonyl (C=O) groups excluding carboxylic acids is 1. The Morgan fingerprint density at radius 1 is 1.15 bits per heavy atom. The van der Waals surface area contributed by atoms with Crippen molar-refractivity contribution in [2.75, 3.05) is 13.7 Å². The molecule has 1 aliphatic rings. The van der Waals surface area contributed by atoms with E-state index in [4.69, 9.17) is 4.74 Å². The van der Waals surface area contributed by atoms with Crippen LogP contribution in [0.4, 0.5) is 0 Å². The Morgan fingerprint density at radius 2 is 1.93 bits per heavy atom. The minimum atomic E-state index is 0.136. The van der Waals surface area contributed by atoms with Gasteiger partial charge < -0.3 is 14.2 Å². The monoisotopic (exact) mass is 362 g/mol. The van der Waals surface area contributed by atoms with Crippen molar-refractivity contribution in [1.29, 1.82) is 0 Å². The second kappa shape index (κ2) is 7.47. The predicted molar refractivity (Wildman–Crippen MR) is 108 cm³/mol. The van der Waals surface area contributed by atoms with E-state index in [-0.39, 0.29) is 5.91 Å². The van der Waals surface area contributed by atoms with Gasteiger partial charge in [0.2, 0.25) is 0 Å². The topological polar surface area (TPSA) is 34.5 Å². The molecule has 1 aliphatic heterocycles. The number of aromatic nitrogens is 1. The number of para-hydroxylation sites is 1. The van der Waals surface area contributed by atoms with Crippen molar-refractivity contribution >= 4 is 16.8 Å². The zero-order chi connectivity index (χ0) is 18.8. The molecule has 1 saturated heterocycles. The molecule has 2 aromatic carbocycles. The Morgan fingerprint density at radius 3 is 2.67 bits per heavy atom. The quantitative estimate of drug-likeness (QED) is 0.673. The average molecular weight is 362 g/mol. The largest absolute Gasteiger partial charge is 0.497 e. The van der Waals surface area contributed by atoms with E-state index < -0.39 is 0 Å². The molecular formula is C23H26N2O2. The number of hydrogen-bond acceptors (Lipinski definition) is 2. The highest BCUT2D eigenvalue weighted by Crippen LogP contribution is 2.26. The lowest BCUT2D eigenvalue weighted by molar-refractivity contribution is 0.0730. The van der Waals surface area contributed by atoms with Gasteiger partial charge in [-0.25, -0.2) is 0 Å². The zero-order valence-corrected chi connectivity index (χ0v) is 16.0. The molecule has 4 nitrogen and oxygen atoms in total. The van der Waals surface area contributed by atoms with Crippen molar-refractivity contribution in [1.82, 2.24) is 9.47 Å². The molecule has 1 fully saturated rings. The summed E-state index contributed by atoms with van der Waals surface area (Å²) < 4.78 is 7.47. The molecule has 3 aromatic rings. The summed E-state index contributed by atoms with van der Waals surface area (Å²) in [5, 5.41) is 1.28. The summed E-state index contributed by atoms with van der Waals surface area (Å²) in [7, 11) is 3.77. The molecule has 27 heavy (non-hydrogen) atoms. The first-order valence-electron chi connectivity index (χ1n) is 9.66. The first kappa shape index (κ1) is 17.7. The van der Waals surface area contributed by atoms with Crippen LogP contribution in [0.2, 0.25) is 0 Å². The number of amides is 1. The van der Waals surface area contributed by atoms with E-state index in [1.165, 1.54) is 16.6 Å². The maximum atomic E-state index is 13.0. The minimum absolute atomic E-state index is 0.136. The summed E-state index contributed by atoms with van der Waals surface area (Å²) in [5.41, 5.74) is 3.34. The number of carbonyl (C=O) groups is 1. The Hall–Kier alpha value is -2.75. The number of aryl methyl sites for hydroxylation is 2. The molecule has 4 rings (SSSR count). The van der Waals surface area contributed by atoms with Crippen LogP contribution in [-0.4, -0.2) is 35.1 Å². The highest BCUT2D eigenvalue weighted by molar-refractivity contribution is 5.94. The lowest BCUT2D eigenvalue weighted by atomic mass is 10.1. The molecular weight excluding hydrogens is 336 g/mol. The maximum absolute atomic E-state index is 13.0. The van der Waals surface area contributed by atoms with Gasteiger partial charge in [0.05, 0.1) is 7.11 Å². The molecule has 0 saturated carbocycles. The van der Waals surface area contributed by atoms with Crippen LogP contribution < -0.4 is 4.74 Å². The third kappa shape index (κ3) is 3.44. The van der Waals surface area contributed by atoms with E-state index in [0.717, 1.165) is 43.5 Å². The standard InChI is InChI=1S/C23H26N2O2/c1-24-20(16-18-6-3-4-8-22(18)24)12-11-19-7-5-15-25(19)23(26)17-9-13-21(27-2)14-10-17/h3-4,6,8-10,13-14,16,19H,5,7,11-12,15H2,1-2H3/t19-/m0/s1. The Bertz CT molecular complexity index is 943. The fraction of sp³-hybridized carbons (Fsp3) is 0.348. The van der Waals surface area contributed by atoms with Gasteiger partial charge in [0, 0.05) is 36.4 Å². The smallest absolute Gasteiger partial charge is 0.254 e. The van der Waals surface area contributed by atoms with Crippen LogP contribution in [0.3, 0.4) is 0 Å². The first-order valence-corrected chi connectivity index (χ1v) is 9.66. The number of likely N-dealkylation sites (tertiary alicyclic amines) is 1. The van der Waals surface area contributed by atoms with Crippen LogP contribution >= 0.6 is 0 Å². The molecule has 0 aliphatic carbocycles. The van der Waals surface area contributed by atoms with E-state index in [0.29, 0.717) is 6.04 Å². The number of rotatable bonds is 5. The van der Waals surface area contributed by atoms with Gasteiger partial charge >= 0.3 is 0 Å². The predicted octanol–water partition coefficient (Wildman–Crippen LogP) is 4.42. The number of nitrogens with zero attached hydrogens (tertiary/aromatic N) is 2. The van der Waals surface area contributed by atoms with Gasteiger partial charge in [-0.2, -0.15) is 0 Å². The summed E-state index contributed by atoms with van der Waals surface area (Å²) in [5.74, 6) is 0.914. The van der Waals surface area contributed by atoms with Gasteiger partial charge in [-0.3, -0.25) is 4.79 Å². The van der Waals surface area contributed by atoms with Crippen LogP contribution in [0.5, 0.6) is 5.75 Å². The normalized spacial score (nSPS) is 16.8. The highest BCUT2D eigenvalue weighted by Gasteiger charge is 2.29. The van der Waals surface area contributed by atoms with Gasteiger partial charge in [0.25, 0.3) is 5.91 Å². The molecule has 0 radical (unpaired) electrons. The molecule has 2 heterocycles. The Balaban J connectivity index is 1.46. The van der Waals surface area contributed by atoms with E-state index in [1.54, 1.807) is 7.11 Å². The summed E-state index contributed by atoms with van der Waals surface area (Å²) in [6, 6.07) is 18.5. The second-order valence-corrected chi connectivity index (χ2v) is 7.32. The summed E-state index contributed by atoms with van der Waals surface area (Å²) in [6.07, 6.45) is 4.17. The van der Waals surface area contributed by atoms with Crippen molar-refractivity contribution in [2.45, 2.75) is 31.7 Å². The first-order chi connectivity index (χ1) is 13.2.